The van der Waals surface area contributed by atoms with Gasteiger partial charge in [-0.2, -0.15) is 0 Å². The first-order valence-corrected chi connectivity index (χ1v) is 34.4. The minimum absolute atomic E-state index is 0.270. The zero-order valence-electron chi connectivity index (χ0n) is 55.5. The first-order chi connectivity index (χ1) is 48.8. The van der Waals surface area contributed by atoms with Crippen LogP contribution in [0.25, 0.3) is 94.3 Å². The molecule has 0 fully saturated rings. The number of nitrogens with zero attached hydrogens (tertiary/aromatic N) is 4. The molecule has 2 aliphatic heterocycles. The maximum Gasteiger partial charge on any atom is 0.252 e. The lowest BCUT2D eigenvalue weighted by Crippen LogP contribution is -2.61. The van der Waals surface area contributed by atoms with E-state index in [0.717, 1.165) is 135 Å². The van der Waals surface area contributed by atoms with Crippen LogP contribution >= 0.6 is 0 Å². The monoisotopic (exact) mass is 1260 g/mol. The molecule has 468 valence electrons. The van der Waals surface area contributed by atoms with Gasteiger partial charge in [0.2, 0.25) is 0 Å². The molecule has 0 spiro atoms. The molecule has 0 atom stereocenters. The van der Waals surface area contributed by atoms with Crippen molar-refractivity contribution in [3.05, 3.63) is 370 Å². The van der Waals surface area contributed by atoms with E-state index >= 15 is 0 Å². The highest BCUT2D eigenvalue weighted by atomic mass is 15.2. The van der Waals surface area contributed by atoms with Crippen LogP contribution in [0.4, 0.5) is 51.2 Å². The number of hydrogen-bond acceptors (Lipinski definition) is 3. The molecule has 18 rings (SSSR count). The van der Waals surface area contributed by atoms with Gasteiger partial charge in [0.15, 0.2) is 0 Å². The van der Waals surface area contributed by atoms with Crippen LogP contribution in [0, 0.1) is 0 Å². The molecule has 0 amide bonds. The Bertz CT molecular complexity index is 5480. The molecule has 0 radical (unpaired) electrons. The molecular formula is C94H69BN4. The van der Waals surface area contributed by atoms with Crippen molar-refractivity contribution in [1.29, 1.82) is 0 Å². The highest BCUT2D eigenvalue weighted by Crippen LogP contribution is 2.56. The minimum Gasteiger partial charge on any atom is -0.310 e. The van der Waals surface area contributed by atoms with Gasteiger partial charge in [-0.05, 0) is 121 Å². The molecule has 15 aromatic carbocycles. The number of aromatic nitrogens is 1. The first-order valence-electron chi connectivity index (χ1n) is 34.4. The van der Waals surface area contributed by atoms with Gasteiger partial charge in [0, 0.05) is 78.3 Å². The summed E-state index contributed by atoms with van der Waals surface area (Å²) in [4.78, 5) is 7.85. The van der Waals surface area contributed by atoms with Crippen molar-refractivity contribution in [1.82, 2.24) is 4.57 Å². The van der Waals surface area contributed by atoms with E-state index in [1.165, 1.54) is 32.7 Å². The van der Waals surface area contributed by atoms with E-state index in [9.17, 15) is 0 Å². The average molecular weight is 1270 g/mol. The summed E-state index contributed by atoms with van der Waals surface area (Å²) < 4.78 is 2.59. The Labute approximate surface area is 580 Å². The summed E-state index contributed by atoms with van der Waals surface area (Å²) in [5.74, 6) is 0. The van der Waals surface area contributed by atoms with Crippen LogP contribution in [0.3, 0.4) is 0 Å². The van der Waals surface area contributed by atoms with Crippen LogP contribution in [-0.4, -0.2) is 11.3 Å². The quantitative estimate of drug-likeness (QED) is 0.113. The Morgan fingerprint density at radius 1 is 0.273 bits per heavy atom. The fourth-order valence-electron chi connectivity index (χ4n) is 15.9. The summed E-state index contributed by atoms with van der Waals surface area (Å²) in [6.45, 7) is 6.89. The summed E-state index contributed by atoms with van der Waals surface area (Å²) in [7, 11) is 0. The van der Waals surface area contributed by atoms with Crippen molar-refractivity contribution in [3.63, 3.8) is 0 Å². The zero-order valence-corrected chi connectivity index (χ0v) is 55.5. The summed E-state index contributed by atoms with van der Waals surface area (Å²) in [5, 5.41) is 2.35. The maximum atomic E-state index is 2.75. The number of benzene rings is 15. The molecule has 99 heavy (non-hydrogen) atoms. The Morgan fingerprint density at radius 2 is 0.636 bits per heavy atom. The third-order valence-corrected chi connectivity index (χ3v) is 20.3. The molecule has 0 saturated heterocycles. The van der Waals surface area contributed by atoms with Crippen LogP contribution in [0.15, 0.2) is 364 Å². The van der Waals surface area contributed by atoms with E-state index in [-0.39, 0.29) is 12.1 Å². The zero-order chi connectivity index (χ0) is 66.1. The van der Waals surface area contributed by atoms with Gasteiger partial charge in [-0.1, -0.05) is 324 Å². The molecule has 0 aliphatic carbocycles. The molecule has 0 bridgehead atoms. The topological polar surface area (TPSA) is 14.7 Å². The third kappa shape index (κ3) is 9.99. The first kappa shape index (κ1) is 59.1. The molecule has 3 heterocycles. The molecule has 4 nitrogen and oxygen atoms in total. The van der Waals surface area contributed by atoms with Crippen LogP contribution in [0.2, 0.25) is 0 Å². The lowest BCUT2D eigenvalue weighted by atomic mass is 9.33. The van der Waals surface area contributed by atoms with E-state index in [4.69, 9.17) is 0 Å². The van der Waals surface area contributed by atoms with Crippen molar-refractivity contribution in [2.45, 2.75) is 26.2 Å². The normalized spacial score (nSPS) is 12.3. The summed E-state index contributed by atoms with van der Waals surface area (Å²) in [5.41, 5.74) is 31.6. The van der Waals surface area contributed by atoms with Gasteiger partial charge in [-0.25, -0.2) is 0 Å². The van der Waals surface area contributed by atoms with Gasteiger partial charge in [0.05, 0.1) is 33.8 Å². The fraction of sp³-hybridized carbons (Fsp3) is 0.0426. The fourth-order valence-corrected chi connectivity index (χ4v) is 15.9. The molecular weight excluding hydrogens is 1200 g/mol. The Kier molecular flexibility index (Phi) is 14.5. The predicted octanol–water partition coefficient (Wildman–Crippen LogP) is 23.6. The van der Waals surface area contributed by atoms with E-state index in [2.05, 4.69) is 404 Å². The van der Waals surface area contributed by atoms with Crippen LogP contribution < -0.4 is 31.1 Å². The number of hydrogen-bond donors (Lipinski definition) is 0. The van der Waals surface area contributed by atoms with Crippen molar-refractivity contribution < 1.29 is 0 Å². The smallest absolute Gasteiger partial charge is 0.252 e. The van der Waals surface area contributed by atoms with Gasteiger partial charge in [0.25, 0.3) is 6.71 Å². The van der Waals surface area contributed by atoms with E-state index < -0.39 is 0 Å². The van der Waals surface area contributed by atoms with Crippen molar-refractivity contribution in [3.8, 4) is 72.4 Å². The second-order valence-corrected chi connectivity index (χ2v) is 27.1. The van der Waals surface area contributed by atoms with Gasteiger partial charge in [-0.15, -0.1) is 0 Å². The van der Waals surface area contributed by atoms with Crippen molar-refractivity contribution in [2.24, 2.45) is 0 Å². The standard InChI is InChI=1S/C94H69BN4/c1-94(2,3)70-61-86-89-87(62-70)99(92-78(68-41-20-8-21-42-68)54-32-55-79(92)69-43-22-9-23-44-69)93-82(59-60-84-88(93)80-49-28-29-56-83(80)97(84)90-74(64-33-12-4-13-34-64)50-30-51-75(90)65-35-14-5-15-36-65)95(89)81-58-57-73(96(71-45-24-10-25-46-71)72-47-26-11-27-48-72)63-85(81)98(86)91-76(66-37-16-6-17-38-66)52-31-53-77(91)67-39-18-7-19-40-67/h4-63H,1-3H3. The average Bonchev–Trinajstić information content (AvgIpc) is 1.67. The highest BCUT2D eigenvalue weighted by molar-refractivity contribution is 7.00. The molecule has 0 saturated carbocycles. The number of fused-ring (bicyclic) bond motifs is 8. The Hall–Kier alpha value is -12.4. The highest BCUT2D eigenvalue weighted by Gasteiger charge is 2.47. The second-order valence-electron chi connectivity index (χ2n) is 27.1. The molecule has 0 unspecified atom stereocenters. The van der Waals surface area contributed by atoms with E-state index in [1.807, 2.05) is 0 Å². The van der Waals surface area contributed by atoms with Crippen LogP contribution in [0.1, 0.15) is 26.3 Å². The van der Waals surface area contributed by atoms with Gasteiger partial charge < -0.3 is 19.3 Å². The molecule has 16 aromatic rings. The largest absolute Gasteiger partial charge is 0.310 e. The lowest BCUT2D eigenvalue weighted by molar-refractivity contribution is 0.590. The Balaban J connectivity index is 1.04. The third-order valence-electron chi connectivity index (χ3n) is 20.3. The number of rotatable bonds is 12. The van der Waals surface area contributed by atoms with Crippen molar-refractivity contribution in [2.75, 3.05) is 14.7 Å². The van der Waals surface area contributed by atoms with Crippen LogP contribution in [0.5, 0.6) is 0 Å². The van der Waals surface area contributed by atoms with E-state index in [0.29, 0.717) is 0 Å². The minimum atomic E-state index is -0.336. The van der Waals surface area contributed by atoms with Crippen LogP contribution in [-0.2, 0) is 5.41 Å². The van der Waals surface area contributed by atoms with Gasteiger partial charge >= 0.3 is 0 Å². The SMILES string of the molecule is CC(C)(C)c1cc2c3c(c1)N(c1c(-c4ccccc4)cccc1-c1ccccc1)c1c(ccc4c1c1ccccc1n4-c1c(-c4ccccc4)cccc1-c1ccccc1)B3c1ccc(N(c3ccccc3)c3ccccc3)cc1N2c1c(-c2ccccc2)cccc1-c1ccccc1. The predicted molar refractivity (Wildman–Crippen MR) is 421 cm³/mol. The summed E-state index contributed by atoms with van der Waals surface area (Å²) in [6, 6.07) is 135. The maximum absolute atomic E-state index is 2.75. The molecule has 0 N–H and O–H groups in total. The van der Waals surface area contributed by atoms with E-state index in [1.54, 1.807) is 0 Å². The van der Waals surface area contributed by atoms with Gasteiger partial charge in [-0.3, -0.25) is 0 Å². The number of para-hydroxylation sites is 6. The number of anilines is 9. The molecule has 2 aliphatic rings. The summed E-state index contributed by atoms with van der Waals surface area (Å²) >= 11 is 0. The lowest BCUT2D eigenvalue weighted by Gasteiger charge is -2.47. The molecule has 5 heteroatoms. The summed E-state index contributed by atoms with van der Waals surface area (Å²) in [6.07, 6.45) is 0. The Morgan fingerprint density at radius 3 is 1.06 bits per heavy atom. The second kappa shape index (κ2) is 24.3. The van der Waals surface area contributed by atoms with Crippen molar-refractivity contribution >= 4 is 96.1 Å². The molecule has 1 aromatic heterocycles. The van der Waals surface area contributed by atoms with Gasteiger partial charge in [0.1, 0.15) is 0 Å².